The number of hydrogen-bond acceptors (Lipinski definition) is 4. The molecule has 0 spiro atoms. The molecule has 0 aliphatic carbocycles. The molecule has 7 heteroatoms. The van der Waals surface area contributed by atoms with E-state index in [1.54, 1.807) is 7.05 Å². The quantitative estimate of drug-likeness (QED) is 0.737. The van der Waals surface area contributed by atoms with Crippen LogP contribution in [0.25, 0.3) is 0 Å². The predicted molar refractivity (Wildman–Crippen MR) is 67.4 cm³/mol. The molecule has 18 heavy (non-hydrogen) atoms. The maximum Gasteiger partial charge on any atom is 0.328 e. The summed E-state index contributed by atoms with van der Waals surface area (Å²) in [6.07, 6.45) is -1.15. The SMILES string of the molecule is C[C@@H](O)[C@H](NC(=O)N(C)Cc1ccsc1)C(=O)O. The minimum absolute atomic E-state index is 0.390. The van der Waals surface area contributed by atoms with Gasteiger partial charge < -0.3 is 20.4 Å². The van der Waals surface area contributed by atoms with E-state index < -0.39 is 24.1 Å². The van der Waals surface area contributed by atoms with Gasteiger partial charge in [0.15, 0.2) is 6.04 Å². The molecule has 0 unspecified atom stereocenters. The van der Waals surface area contributed by atoms with Crippen LogP contribution in [-0.2, 0) is 11.3 Å². The van der Waals surface area contributed by atoms with Crippen molar-refractivity contribution in [1.82, 2.24) is 10.2 Å². The summed E-state index contributed by atoms with van der Waals surface area (Å²) in [6, 6.07) is 0.0505. The van der Waals surface area contributed by atoms with Gasteiger partial charge in [0.05, 0.1) is 6.10 Å². The Morgan fingerprint density at radius 3 is 2.67 bits per heavy atom. The van der Waals surface area contributed by atoms with E-state index in [9.17, 15) is 14.7 Å². The lowest BCUT2D eigenvalue weighted by Gasteiger charge is -2.22. The van der Waals surface area contributed by atoms with Crippen LogP contribution in [0.4, 0.5) is 4.79 Å². The monoisotopic (exact) mass is 272 g/mol. The van der Waals surface area contributed by atoms with Crippen molar-refractivity contribution in [2.24, 2.45) is 0 Å². The lowest BCUT2D eigenvalue weighted by Crippen LogP contribution is -2.51. The summed E-state index contributed by atoms with van der Waals surface area (Å²) < 4.78 is 0. The van der Waals surface area contributed by atoms with Crippen molar-refractivity contribution in [2.45, 2.75) is 25.6 Å². The van der Waals surface area contributed by atoms with Crippen LogP contribution in [0.5, 0.6) is 0 Å². The first-order valence-electron chi connectivity index (χ1n) is 5.35. The van der Waals surface area contributed by atoms with Gasteiger partial charge >= 0.3 is 12.0 Å². The number of carbonyl (C=O) groups excluding carboxylic acids is 1. The summed E-state index contributed by atoms with van der Waals surface area (Å²) in [6.45, 7) is 1.71. The highest BCUT2D eigenvalue weighted by Crippen LogP contribution is 2.08. The van der Waals surface area contributed by atoms with Gasteiger partial charge in [0.1, 0.15) is 0 Å². The standard InChI is InChI=1S/C11H16N2O4S/c1-7(14)9(10(15)16)12-11(17)13(2)5-8-3-4-18-6-8/h3-4,6-7,9,14H,5H2,1-2H3,(H,12,17)(H,15,16)/t7-,9+/m1/s1. The second-order valence-corrected chi connectivity index (χ2v) is 4.77. The molecule has 1 aromatic heterocycles. The topological polar surface area (TPSA) is 89.9 Å². The van der Waals surface area contributed by atoms with Gasteiger partial charge in [-0.05, 0) is 29.3 Å². The molecule has 1 aromatic rings. The molecule has 0 saturated heterocycles. The zero-order valence-electron chi connectivity index (χ0n) is 10.2. The van der Waals surface area contributed by atoms with E-state index in [1.807, 2.05) is 16.8 Å². The van der Waals surface area contributed by atoms with Gasteiger partial charge in [0, 0.05) is 13.6 Å². The molecule has 1 rings (SSSR count). The molecule has 2 amide bonds. The van der Waals surface area contributed by atoms with E-state index in [4.69, 9.17) is 5.11 Å². The third-order valence-electron chi connectivity index (χ3n) is 2.37. The number of hydrogen-bond donors (Lipinski definition) is 3. The van der Waals surface area contributed by atoms with Crippen molar-refractivity contribution in [3.63, 3.8) is 0 Å². The van der Waals surface area contributed by atoms with E-state index in [2.05, 4.69) is 5.32 Å². The summed E-state index contributed by atoms with van der Waals surface area (Å²) in [7, 11) is 1.56. The number of rotatable bonds is 5. The molecule has 6 nitrogen and oxygen atoms in total. The molecule has 2 atom stereocenters. The maximum absolute atomic E-state index is 11.7. The van der Waals surface area contributed by atoms with E-state index >= 15 is 0 Å². The average molecular weight is 272 g/mol. The number of aliphatic hydroxyl groups excluding tert-OH is 1. The van der Waals surface area contributed by atoms with Crippen LogP contribution >= 0.6 is 11.3 Å². The number of urea groups is 1. The Bertz CT molecular complexity index is 405. The van der Waals surface area contributed by atoms with Gasteiger partial charge in [-0.3, -0.25) is 0 Å². The highest BCUT2D eigenvalue weighted by molar-refractivity contribution is 7.07. The van der Waals surface area contributed by atoms with Gasteiger partial charge in [-0.25, -0.2) is 9.59 Å². The Labute approximate surface area is 109 Å². The minimum Gasteiger partial charge on any atom is -0.480 e. The highest BCUT2D eigenvalue weighted by atomic mass is 32.1. The van der Waals surface area contributed by atoms with Crippen molar-refractivity contribution in [2.75, 3.05) is 7.05 Å². The number of nitrogens with zero attached hydrogens (tertiary/aromatic N) is 1. The molecule has 0 bridgehead atoms. The van der Waals surface area contributed by atoms with E-state index in [0.717, 1.165) is 5.56 Å². The van der Waals surface area contributed by atoms with Gasteiger partial charge in [-0.1, -0.05) is 0 Å². The lowest BCUT2D eigenvalue weighted by atomic mass is 10.2. The normalized spacial score (nSPS) is 13.7. The van der Waals surface area contributed by atoms with Crippen LogP contribution in [0.2, 0.25) is 0 Å². The van der Waals surface area contributed by atoms with Gasteiger partial charge in [0.25, 0.3) is 0 Å². The largest absolute Gasteiger partial charge is 0.480 e. The number of amides is 2. The Kier molecular flexibility index (Phi) is 5.11. The first kappa shape index (κ1) is 14.5. The molecular weight excluding hydrogens is 256 g/mol. The number of thiophene rings is 1. The second-order valence-electron chi connectivity index (χ2n) is 3.99. The van der Waals surface area contributed by atoms with Gasteiger partial charge in [0.2, 0.25) is 0 Å². The fourth-order valence-corrected chi connectivity index (χ4v) is 2.02. The molecule has 0 fully saturated rings. The van der Waals surface area contributed by atoms with Crippen LogP contribution in [0, 0.1) is 0 Å². The first-order chi connectivity index (χ1) is 8.41. The molecule has 3 N–H and O–H groups in total. The average Bonchev–Trinajstić information content (AvgIpc) is 2.77. The van der Waals surface area contributed by atoms with Crippen molar-refractivity contribution >= 4 is 23.3 Å². The Morgan fingerprint density at radius 1 is 1.56 bits per heavy atom. The first-order valence-corrected chi connectivity index (χ1v) is 6.29. The predicted octanol–water partition coefficient (Wildman–Crippen LogP) is 0.723. The van der Waals surface area contributed by atoms with Crippen molar-refractivity contribution in [3.8, 4) is 0 Å². The third kappa shape index (κ3) is 4.01. The summed E-state index contributed by atoms with van der Waals surface area (Å²) >= 11 is 1.52. The second kappa shape index (κ2) is 6.36. The van der Waals surface area contributed by atoms with Gasteiger partial charge in [-0.15, -0.1) is 0 Å². The van der Waals surface area contributed by atoms with Gasteiger partial charge in [-0.2, -0.15) is 11.3 Å². The molecule has 0 aromatic carbocycles. The molecule has 100 valence electrons. The van der Waals surface area contributed by atoms with E-state index in [0.29, 0.717) is 6.54 Å². The fraction of sp³-hybridized carbons (Fsp3) is 0.455. The number of nitrogens with one attached hydrogen (secondary N) is 1. The number of carbonyl (C=O) groups is 2. The zero-order chi connectivity index (χ0) is 13.7. The summed E-state index contributed by atoms with van der Waals surface area (Å²) in [4.78, 5) is 23.9. The number of aliphatic hydroxyl groups is 1. The summed E-state index contributed by atoms with van der Waals surface area (Å²) in [5, 5.41) is 24.2. The van der Waals surface area contributed by atoms with Crippen molar-refractivity contribution in [3.05, 3.63) is 22.4 Å². The molecular formula is C11H16N2O4S. The van der Waals surface area contributed by atoms with Crippen molar-refractivity contribution in [1.29, 1.82) is 0 Å². The van der Waals surface area contributed by atoms with Crippen LogP contribution in [0.15, 0.2) is 16.8 Å². The fourth-order valence-electron chi connectivity index (χ4n) is 1.36. The summed E-state index contributed by atoms with van der Waals surface area (Å²) in [5.41, 5.74) is 0.974. The van der Waals surface area contributed by atoms with E-state index in [1.165, 1.54) is 23.2 Å². The summed E-state index contributed by atoms with van der Waals surface area (Å²) in [5.74, 6) is -1.26. The number of carboxylic acid groups (broad SMARTS) is 1. The molecule has 0 saturated carbocycles. The number of carboxylic acids is 1. The smallest absolute Gasteiger partial charge is 0.328 e. The Hall–Kier alpha value is -1.60. The Morgan fingerprint density at radius 2 is 2.22 bits per heavy atom. The zero-order valence-corrected chi connectivity index (χ0v) is 11.0. The molecule has 0 radical (unpaired) electrons. The molecule has 1 heterocycles. The molecule has 0 aliphatic rings. The van der Waals surface area contributed by atoms with Crippen LogP contribution < -0.4 is 5.32 Å². The minimum atomic E-state index is -1.30. The van der Waals surface area contributed by atoms with Crippen molar-refractivity contribution < 1.29 is 19.8 Å². The van der Waals surface area contributed by atoms with Crippen LogP contribution in [-0.4, -0.2) is 46.3 Å². The van der Waals surface area contributed by atoms with Crippen LogP contribution in [0.3, 0.4) is 0 Å². The molecule has 0 aliphatic heterocycles. The third-order valence-corrected chi connectivity index (χ3v) is 3.11. The number of aliphatic carboxylic acids is 1. The highest BCUT2D eigenvalue weighted by Gasteiger charge is 2.26. The van der Waals surface area contributed by atoms with E-state index in [-0.39, 0.29) is 0 Å². The maximum atomic E-state index is 11.7. The van der Waals surface area contributed by atoms with Crippen LogP contribution in [0.1, 0.15) is 12.5 Å². The Balaban J connectivity index is 2.56. The lowest BCUT2D eigenvalue weighted by molar-refractivity contribution is -0.141.